The standard InChI is InChI=1S/C16H14FN3S2/c17-12-3-1-11(2-4-12)15-19-13(9-21-15)10-22-16-18-7-8-20(16)14-5-6-14/h1-4,7-9,14H,5-6,10H2. The van der Waals surface area contributed by atoms with Crippen molar-refractivity contribution >= 4 is 23.1 Å². The molecular formula is C16H14FN3S2. The number of rotatable bonds is 5. The predicted octanol–water partition coefficient (Wildman–Crippen LogP) is 4.77. The number of halogens is 1. The fourth-order valence-electron chi connectivity index (χ4n) is 2.28. The Labute approximate surface area is 136 Å². The Morgan fingerprint density at radius 1 is 1.27 bits per heavy atom. The Balaban J connectivity index is 1.45. The molecule has 3 nitrogen and oxygen atoms in total. The maximum absolute atomic E-state index is 13.0. The molecule has 22 heavy (non-hydrogen) atoms. The first kappa shape index (κ1) is 14.0. The van der Waals surface area contributed by atoms with Crippen molar-refractivity contribution in [2.75, 3.05) is 0 Å². The molecule has 1 fully saturated rings. The van der Waals surface area contributed by atoms with Gasteiger partial charge in [-0.25, -0.2) is 14.4 Å². The van der Waals surface area contributed by atoms with E-state index in [1.165, 1.54) is 25.0 Å². The van der Waals surface area contributed by atoms with E-state index in [4.69, 9.17) is 0 Å². The quantitative estimate of drug-likeness (QED) is 0.631. The summed E-state index contributed by atoms with van der Waals surface area (Å²) >= 11 is 3.32. The Morgan fingerprint density at radius 3 is 2.86 bits per heavy atom. The van der Waals surface area contributed by atoms with Gasteiger partial charge in [-0.3, -0.25) is 0 Å². The number of nitrogens with zero attached hydrogens (tertiary/aromatic N) is 3. The minimum absolute atomic E-state index is 0.219. The summed E-state index contributed by atoms with van der Waals surface area (Å²) in [6.45, 7) is 0. The predicted molar refractivity (Wildman–Crippen MR) is 87.6 cm³/mol. The number of hydrogen-bond donors (Lipinski definition) is 0. The third-order valence-electron chi connectivity index (χ3n) is 3.57. The van der Waals surface area contributed by atoms with Gasteiger partial charge in [-0.15, -0.1) is 11.3 Å². The number of hydrogen-bond acceptors (Lipinski definition) is 4. The van der Waals surface area contributed by atoms with Crippen LogP contribution in [0.3, 0.4) is 0 Å². The van der Waals surface area contributed by atoms with E-state index >= 15 is 0 Å². The van der Waals surface area contributed by atoms with Gasteiger partial charge in [-0.1, -0.05) is 11.8 Å². The summed E-state index contributed by atoms with van der Waals surface area (Å²) in [6, 6.07) is 7.13. The molecule has 3 aromatic rings. The van der Waals surface area contributed by atoms with Crippen LogP contribution in [0, 0.1) is 5.82 Å². The van der Waals surface area contributed by atoms with E-state index < -0.39 is 0 Å². The average Bonchev–Trinajstić information content (AvgIpc) is 3.09. The SMILES string of the molecule is Fc1ccc(-c2nc(CSc3nccn3C3CC3)cs2)cc1. The molecule has 0 spiro atoms. The van der Waals surface area contributed by atoms with E-state index in [2.05, 4.69) is 26.1 Å². The van der Waals surface area contributed by atoms with Gasteiger partial charge in [0.15, 0.2) is 5.16 Å². The highest BCUT2D eigenvalue weighted by atomic mass is 32.2. The smallest absolute Gasteiger partial charge is 0.168 e. The Hall–Kier alpha value is -1.66. The van der Waals surface area contributed by atoms with Crippen LogP contribution < -0.4 is 0 Å². The van der Waals surface area contributed by atoms with Gasteiger partial charge in [-0.05, 0) is 37.1 Å². The first-order valence-electron chi connectivity index (χ1n) is 7.15. The van der Waals surface area contributed by atoms with Crippen molar-refractivity contribution in [1.29, 1.82) is 0 Å². The van der Waals surface area contributed by atoms with Gasteiger partial charge < -0.3 is 4.57 Å². The van der Waals surface area contributed by atoms with Gasteiger partial charge in [0.1, 0.15) is 10.8 Å². The van der Waals surface area contributed by atoms with Crippen molar-refractivity contribution in [3.05, 3.63) is 53.6 Å². The summed E-state index contributed by atoms with van der Waals surface area (Å²) < 4.78 is 15.2. The maximum atomic E-state index is 13.0. The van der Waals surface area contributed by atoms with Gasteiger partial charge in [-0.2, -0.15) is 0 Å². The van der Waals surface area contributed by atoms with Crippen molar-refractivity contribution < 1.29 is 4.39 Å². The van der Waals surface area contributed by atoms with Gasteiger partial charge >= 0.3 is 0 Å². The van der Waals surface area contributed by atoms with Crippen molar-refractivity contribution in [2.45, 2.75) is 29.8 Å². The summed E-state index contributed by atoms with van der Waals surface area (Å²) in [5, 5.41) is 4.07. The lowest BCUT2D eigenvalue weighted by atomic mass is 10.2. The fraction of sp³-hybridized carbons (Fsp3) is 0.250. The zero-order valence-electron chi connectivity index (χ0n) is 11.8. The molecule has 2 aromatic heterocycles. The zero-order chi connectivity index (χ0) is 14.9. The van der Waals surface area contributed by atoms with Crippen LogP contribution >= 0.6 is 23.1 Å². The summed E-state index contributed by atoms with van der Waals surface area (Å²) in [4.78, 5) is 9.07. The average molecular weight is 331 g/mol. The molecule has 0 atom stereocenters. The van der Waals surface area contributed by atoms with E-state index in [0.717, 1.165) is 27.2 Å². The Morgan fingerprint density at radius 2 is 2.09 bits per heavy atom. The molecule has 0 amide bonds. The van der Waals surface area contributed by atoms with Crippen LogP contribution in [-0.4, -0.2) is 14.5 Å². The molecule has 0 saturated heterocycles. The number of aromatic nitrogens is 3. The molecule has 6 heteroatoms. The molecule has 0 bridgehead atoms. The molecule has 1 aromatic carbocycles. The third kappa shape index (κ3) is 2.94. The first-order chi connectivity index (χ1) is 10.8. The van der Waals surface area contributed by atoms with Gasteiger partial charge in [0.25, 0.3) is 0 Å². The van der Waals surface area contributed by atoms with Crippen molar-refractivity contribution in [2.24, 2.45) is 0 Å². The lowest BCUT2D eigenvalue weighted by Gasteiger charge is -2.04. The Bertz CT molecular complexity index is 775. The van der Waals surface area contributed by atoms with Crippen LogP contribution in [0.2, 0.25) is 0 Å². The van der Waals surface area contributed by atoms with E-state index in [0.29, 0.717) is 6.04 Å². The van der Waals surface area contributed by atoms with Crippen LogP contribution in [0.4, 0.5) is 4.39 Å². The monoisotopic (exact) mass is 331 g/mol. The fourth-order valence-corrected chi connectivity index (χ4v) is 4.13. The maximum Gasteiger partial charge on any atom is 0.168 e. The van der Waals surface area contributed by atoms with Crippen molar-refractivity contribution in [3.63, 3.8) is 0 Å². The number of benzene rings is 1. The summed E-state index contributed by atoms with van der Waals surface area (Å²) in [5.74, 6) is 0.588. The second-order valence-corrected chi connectivity index (χ2v) is 7.09. The molecule has 0 radical (unpaired) electrons. The largest absolute Gasteiger partial charge is 0.323 e. The van der Waals surface area contributed by atoms with Gasteiger partial charge in [0.05, 0.1) is 5.69 Å². The second kappa shape index (κ2) is 5.85. The van der Waals surface area contributed by atoms with Crippen LogP contribution in [0.1, 0.15) is 24.6 Å². The summed E-state index contributed by atoms with van der Waals surface area (Å²) in [7, 11) is 0. The molecule has 0 N–H and O–H groups in total. The molecule has 112 valence electrons. The minimum atomic E-state index is -0.219. The Kier molecular flexibility index (Phi) is 3.72. The highest BCUT2D eigenvalue weighted by Gasteiger charge is 2.25. The second-order valence-electron chi connectivity index (χ2n) is 5.29. The number of imidazole rings is 1. The minimum Gasteiger partial charge on any atom is -0.323 e. The molecule has 1 aliphatic rings. The van der Waals surface area contributed by atoms with Crippen LogP contribution in [0.15, 0.2) is 47.2 Å². The molecular weight excluding hydrogens is 317 g/mol. The lowest BCUT2D eigenvalue weighted by molar-refractivity contribution is 0.628. The van der Waals surface area contributed by atoms with Crippen LogP contribution in [0.25, 0.3) is 10.6 Å². The zero-order valence-corrected chi connectivity index (χ0v) is 13.4. The number of thiazole rings is 1. The molecule has 4 rings (SSSR count). The van der Waals surface area contributed by atoms with Crippen LogP contribution in [-0.2, 0) is 5.75 Å². The van der Waals surface area contributed by atoms with E-state index in [9.17, 15) is 4.39 Å². The summed E-state index contributed by atoms with van der Waals surface area (Å²) in [6.07, 6.45) is 6.45. The first-order valence-corrected chi connectivity index (χ1v) is 9.02. The molecule has 2 heterocycles. The van der Waals surface area contributed by atoms with E-state index in [1.807, 2.05) is 6.20 Å². The molecule has 1 aliphatic carbocycles. The highest BCUT2D eigenvalue weighted by molar-refractivity contribution is 7.98. The summed E-state index contributed by atoms with van der Waals surface area (Å²) in [5.41, 5.74) is 2.00. The van der Waals surface area contributed by atoms with Crippen molar-refractivity contribution in [3.8, 4) is 10.6 Å². The van der Waals surface area contributed by atoms with Gasteiger partial charge in [0, 0.05) is 35.1 Å². The normalized spacial score (nSPS) is 14.4. The van der Waals surface area contributed by atoms with Crippen molar-refractivity contribution in [1.82, 2.24) is 14.5 Å². The molecule has 0 aliphatic heterocycles. The topological polar surface area (TPSA) is 30.7 Å². The van der Waals surface area contributed by atoms with Crippen LogP contribution in [0.5, 0.6) is 0 Å². The van der Waals surface area contributed by atoms with E-state index in [1.54, 1.807) is 35.2 Å². The third-order valence-corrected chi connectivity index (χ3v) is 5.52. The highest BCUT2D eigenvalue weighted by Crippen LogP contribution is 2.38. The number of thioether (sulfide) groups is 1. The molecule has 1 saturated carbocycles. The molecule has 0 unspecified atom stereocenters. The lowest BCUT2D eigenvalue weighted by Crippen LogP contribution is -1.94. The van der Waals surface area contributed by atoms with E-state index in [-0.39, 0.29) is 5.82 Å². The van der Waals surface area contributed by atoms with Gasteiger partial charge in [0.2, 0.25) is 0 Å².